The third kappa shape index (κ3) is 4.99. The topological polar surface area (TPSA) is 29.5 Å². The largest absolute Gasteiger partial charge is 0.549 e. The van der Waals surface area contributed by atoms with Gasteiger partial charge in [0.1, 0.15) is 5.60 Å². The lowest BCUT2D eigenvalue weighted by Gasteiger charge is -2.34. The summed E-state index contributed by atoms with van der Waals surface area (Å²) in [4.78, 5) is 0. The molecule has 2 aromatic rings. The lowest BCUT2D eigenvalue weighted by Crippen LogP contribution is -2.39. The standard InChI is InChI=1S/C24H32O2Si/c1-7-17-24(25,18-10-11-19-26-27(5,6)23(2,3)4)22-16-12-14-20-13-8-9-15-21(20)22/h7-16,18-19,25H,1,17H2,2-6H3/b18-10+,19-11+/t24-/m0/s1. The lowest BCUT2D eigenvalue weighted by atomic mass is 9.86. The van der Waals surface area contributed by atoms with Gasteiger partial charge in [0.15, 0.2) is 0 Å². The van der Waals surface area contributed by atoms with E-state index in [2.05, 4.69) is 52.6 Å². The van der Waals surface area contributed by atoms with Crippen molar-refractivity contribution in [1.29, 1.82) is 0 Å². The van der Waals surface area contributed by atoms with Crippen LogP contribution in [0.2, 0.25) is 18.1 Å². The summed E-state index contributed by atoms with van der Waals surface area (Å²) in [6.07, 6.45) is 9.49. The van der Waals surface area contributed by atoms with Gasteiger partial charge in [0.2, 0.25) is 8.32 Å². The fraction of sp³-hybridized carbons (Fsp3) is 0.333. The summed E-state index contributed by atoms with van der Waals surface area (Å²) >= 11 is 0. The SMILES string of the molecule is C=CC[C@](O)(/C=C/C=C/O[Si](C)(C)C(C)(C)C)c1cccc2ccccc12. The number of benzene rings is 2. The summed E-state index contributed by atoms with van der Waals surface area (Å²) in [7, 11) is -1.82. The highest BCUT2D eigenvalue weighted by Gasteiger charge is 2.37. The van der Waals surface area contributed by atoms with Crippen LogP contribution in [0.25, 0.3) is 10.8 Å². The van der Waals surface area contributed by atoms with Crippen molar-refractivity contribution in [3.05, 3.63) is 85.2 Å². The molecule has 0 amide bonds. The Kier molecular flexibility index (Phi) is 6.50. The first-order chi connectivity index (χ1) is 12.6. The Balaban J connectivity index is 2.27. The van der Waals surface area contributed by atoms with Crippen LogP contribution in [0.4, 0.5) is 0 Å². The molecule has 1 N–H and O–H groups in total. The molecule has 0 saturated carbocycles. The van der Waals surface area contributed by atoms with Crippen LogP contribution >= 0.6 is 0 Å². The Labute approximate surface area is 165 Å². The fourth-order valence-electron chi connectivity index (χ4n) is 2.74. The number of aliphatic hydroxyl groups is 1. The second-order valence-electron chi connectivity index (χ2n) is 8.51. The molecule has 0 spiro atoms. The molecule has 2 nitrogen and oxygen atoms in total. The molecule has 0 radical (unpaired) electrons. The van der Waals surface area contributed by atoms with Crippen LogP contribution in [0.15, 0.2) is 79.6 Å². The molecule has 0 aliphatic carbocycles. The van der Waals surface area contributed by atoms with E-state index >= 15 is 0 Å². The van der Waals surface area contributed by atoms with Crippen LogP contribution in [0.3, 0.4) is 0 Å². The zero-order valence-corrected chi connectivity index (χ0v) is 18.2. The molecule has 0 heterocycles. The molecule has 2 rings (SSSR count). The van der Waals surface area contributed by atoms with E-state index in [0.717, 1.165) is 16.3 Å². The van der Waals surface area contributed by atoms with Crippen molar-refractivity contribution in [2.75, 3.05) is 0 Å². The molecule has 3 heteroatoms. The Morgan fingerprint density at radius 1 is 1.04 bits per heavy atom. The number of fused-ring (bicyclic) bond motifs is 1. The molecule has 0 aromatic heterocycles. The Morgan fingerprint density at radius 3 is 2.37 bits per heavy atom. The quantitative estimate of drug-likeness (QED) is 0.251. The zero-order valence-electron chi connectivity index (χ0n) is 17.2. The van der Waals surface area contributed by atoms with E-state index in [1.807, 2.05) is 48.6 Å². The van der Waals surface area contributed by atoms with E-state index in [1.165, 1.54) is 0 Å². The van der Waals surface area contributed by atoms with Gasteiger partial charge in [-0.05, 0) is 46.6 Å². The maximum absolute atomic E-state index is 11.3. The number of hydrogen-bond acceptors (Lipinski definition) is 2. The lowest BCUT2D eigenvalue weighted by molar-refractivity contribution is 0.0945. The van der Waals surface area contributed by atoms with E-state index < -0.39 is 13.9 Å². The van der Waals surface area contributed by atoms with Crippen molar-refractivity contribution in [2.24, 2.45) is 0 Å². The summed E-state index contributed by atoms with van der Waals surface area (Å²) in [5, 5.41) is 13.7. The molecule has 144 valence electrons. The highest BCUT2D eigenvalue weighted by atomic mass is 28.4. The molecule has 2 aromatic carbocycles. The average Bonchev–Trinajstić information content (AvgIpc) is 2.60. The highest BCUT2D eigenvalue weighted by Crippen LogP contribution is 2.37. The van der Waals surface area contributed by atoms with Crippen LogP contribution in [0, 0.1) is 0 Å². The molecule has 0 fully saturated rings. The molecular formula is C24H32O2Si. The Morgan fingerprint density at radius 2 is 1.70 bits per heavy atom. The summed E-state index contributed by atoms with van der Waals surface area (Å²) in [5.74, 6) is 0. The van der Waals surface area contributed by atoms with Crippen molar-refractivity contribution >= 4 is 19.1 Å². The minimum absolute atomic E-state index is 0.160. The third-order valence-electron chi connectivity index (χ3n) is 5.44. The van der Waals surface area contributed by atoms with E-state index in [9.17, 15) is 5.11 Å². The van der Waals surface area contributed by atoms with Gasteiger partial charge in [-0.25, -0.2) is 0 Å². The maximum Gasteiger partial charge on any atom is 0.249 e. The van der Waals surface area contributed by atoms with Crippen LogP contribution in [0.1, 0.15) is 32.8 Å². The molecule has 0 bridgehead atoms. The first-order valence-corrected chi connectivity index (χ1v) is 12.4. The first kappa shape index (κ1) is 21.2. The van der Waals surface area contributed by atoms with Gasteiger partial charge in [-0.2, -0.15) is 0 Å². The van der Waals surface area contributed by atoms with Crippen LogP contribution < -0.4 is 0 Å². The van der Waals surface area contributed by atoms with Gasteiger partial charge in [-0.15, -0.1) is 6.58 Å². The van der Waals surface area contributed by atoms with Crippen LogP contribution in [-0.4, -0.2) is 13.4 Å². The first-order valence-electron chi connectivity index (χ1n) is 9.44. The fourth-order valence-corrected chi connectivity index (χ4v) is 3.51. The molecule has 0 unspecified atom stereocenters. The normalized spacial score (nSPS) is 15.3. The molecule has 27 heavy (non-hydrogen) atoms. The van der Waals surface area contributed by atoms with Gasteiger partial charge in [0, 0.05) is 6.42 Å². The predicted molar refractivity (Wildman–Crippen MR) is 119 cm³/mol. The van der Waals surface area contributed by atoms with Crippen molar-refractivity contribution in [2.45, 2.75) is 50.9 Å². The Hall–Kier alpha value is -2.10. The van der Waals surface area contributed by atoms with Gasteiger partial charge < -0.3 is 9.53 Å². The van der Waals surface area contributed by atoms with E-state index in [4.69, 9.17) is 4.43 Å². The van der Waals surface area contributed by atoms with Crippen molar-refractivity contribution in [3.8, 4) is 0 Å². The molecule has 0 saturated heterocycles. The van der Waals surface area contributed by atoms with Crippen LogP contribution in [0.5, 0.6) is 0 Å². The highest BCUT2D eigenvalue weighted by molar-refractivity contribution is 6.74. The van der Waals surface area contributed by atoms with Crippen molar-refractivity contribution in [3.63, 3.8) is 0 Å². The summed E-state index contributed by atoms with van der Waals surface area (Å²) in [5.41, 5.74) is -0.223. The predicted octanol–water partition coefficient (Wildman–Crippen LogP) is 6.70. The van der Waals surface area contributed by atoms with Gasteiger partial charge >= 0.3 is 0 Å². The number of rotatable bonds is 7. The Bertz CT molecular complexity index is 838. The second-order valence-corrected chi connectivity index (χ2v) is 13.3. The molecule has 1 atom stereocenters. The third-order valence-corrected chi connectivity index (χ3v) is 9.78. The minimum Gasteiger partial charge on any atom is -0.549 e. The van der Waals surface area contributed by atoms with Gasteiger partial charge in [0.05, 0.1) is 6.26 Å². The van der Waals surface area contributed by atoms with Gasteiger partial charge in [-0.1, -0.05) is 75.4 Å². The zero-order chi connectivity index (χ0) is 20.1. The molecule has 0 aliphatic rings. The average molecular weight is 381 g/mol. The van der Waals surface area contributed by atoms with Crippen LogP contribution in [-0.2, 0) is 10.0 Å². The van der Waals surface area contributed by atoms with E-state index in [0.29, 0.717) is 6.42 Å². The van der Waals surface area contributed by atoms with Crippen molar-refractivity contribution in [1.82, 2.24) is 0 Å². The van der Waals surface area contributed by atoms with E-state index in [1.54, 1.807) is 12.3 Å². The smallest absolute Gasteiger partial charge is 0.249 e. The summed E-state index contributed by atoms with van der Waals surface area (Å²) in [6, 6.07) is 14.1. The summed E-state index contributed by atoms with van der Waals surface area (Å²) < 4.78 is 6.05. The van der Waals surface area contributed by atoms with E-state index in [-0.39, 0.29) is 5.04 Å². The minimum atomic E-state index is -1.82. The van der Waals surface area contributed by atoms with Crippen molar-refractivity contribution < 1.29 is 9.53 Å². The second kappa shape index (κ2) is 8.28. The number of hydrogen-bond donors (Lipinski definition) is 1. The number of allylic oxidation sites excluding steroid dienone is 2. The van der Waals surface area contributed by atoms with Gasteiger partial charge in [0.25, 0.3) is 0 Å². The molecular weight excluding hydrogens is 348 g/mol. The van der Waals surface area contributed by atoms with Gasteiger partial charge in [-0.3, -0.25) is 0 Å². The summed E-state index contributed by atoms with van der Waals surface area (Å²) in [6.45, 7) is 14.9. The maximum atomic E-state index is 11.3. The monoisotopic (exact) mass is 380 g/mol. The molecule has 0 aliphatic heterocycles.